The van der Waals surface area contributed by atoms with Gasteiger partial charge in [-0.2, -0.15) is 0 Å². The first-order valence-electron chi connectivity index (χ1n) is 9.17. The van der Waals surface area contributed by atoms with Crippen molar-refractivity contribution in [2.45, 2.75) is 60.5 Å². The number of likely N-dealkylation sites (N-methyl/N-ethyl adjacent to an activating group) is 1. The Hall–Kier alpha value is -0.410. The van der Waals surface area contributed by atoms with E-state index in [1.165, 1.54) is 11.3 Å². The Morgan fingerprint density at radius 1 is 1.24 bits per heavy atom. The van der Waals surface area contributed by atoms with Crippen LogP contribution >= 0.6 is 35.3 Å². The summed E-state index contributed by atoms with van der Waals surface area (Å²) in [6.45, 7) is 17.8. The first-order chi connectivity index (χ1) is 11.5. The number of guanidine groups is 1. The molecule has 0 bridgehead atoms. The molecule has 1 heterocycles. The van der Waals surface area contributed by atoms with Crippen molar-refractivity contribution >= 4 is 41.3 Å². The molecule has 0 aliphatic heterocycles. The molecule has 146 valence electrons. The number of nitrogens with one attached hydrogen (secondary N) is 2. The standard InChI is InChI=1S/C18H35N5S.HI/c1-7-19-18(22-13-17-20-11-15(6)24-17)21-12-16(10-14(4)5)23(8-2)9-3;/h11,14,16H,7-10,12-13H2,1-6H3,(H2,19,21,22);1H. The maximum atomic E-state index is 4.68. The highest BCUT2D eigenvalue weighted by Crippen LogP contribution is 2.12. The van der Waals surface area contributed by atoms with Crippen LogP contribution in [0.15, 0.2) is 11.2 Å². The topological polar surface area (TPSA) is 52.6 Å². The summed E-state index contributed by atoms with van der Waals surface area (Å²) in [5.74, 6) is 1.57. The molecular weight excluding hydrogens is 445 g/mol. The van der Waals surface area contributed by atoms with Gasteiger partial charge in [0.25, 0.3) is 0 Å². The molecule has 1 atom stereocenters. The molecule has 1 unspecified atom stereocenters. The third-order valence-electron chi connectivity index (χ3n) is 3.96. The van der Waals surface area contributed by atoms with Gasteiger partial charge in [0, 0.05) is 30.2 Å². The number of hydrogen-bond acceptors (Lipinski definition) is 4. The number of aryl methyl sites for hydroxylation is 1. The van der Waals surface area contributed by atoms with Gasteiger partial charge < -0.3 is 10.6 Å². The molecule has 0 amide bonds. The van der Waals surface area contributed by atoms with Gasteiger partial charge in [-0.1, -0.05) is 27.7 Å². The van der Waals surface area contributed by atoms with E-state index in [1.807, 2.05) is 6.20 Å². The molecule has 1 aromatic rings. The Bertz CT molecular complexity index is 486. The van der Waals surface area contributed by atoms with E-state index in [2.05, 4.69) is 67.1 Å². The second-order valence-electron chi connectivity index (χ2n) is 6.45. The van der Waals surface area contributed by atoms with Gasteiger partial charge in [0.2, 0.25) is 0 Å². The van der Waals surface area contributed by atoms with Gasteiger partial charge in [0.15, 0.2) is 5.96 Å². The number of halogens is 1. The van der Waals surface area contributed by atoms with Gasteiger partial charge in [-0.3, -0.25) is 4.90 Å². The first kappa shape index (κ1) is 24.6. The molecule has 2 N–H and O–H groups in total. The molecule has 7 heteroatoms. The number of thiazole rings is 1. The Kier molecular flexibility index (Phi) is 13.5. The molecule has 5 nitrogen and oxygen atoms in total. The second kappa shape index (κ2) is 13.7. The summed E-state index contributed by atoms with van der Waals surface area (Å²) in [7, 11) is 0. The van der Waals surface area contributed by atoms with Crippen LogP contribution in [0.3, 0.4) is 0 Å². The van der Waals surface area contributed by atoms with Gasteiger partial charge in [-0.05, 0) is 39.3 Å². The lowest BCUT2D eigenvalue weighted by Gasteiger charge is -2.31. The zero-order valence-electron chi connectivity index (χ0n) is 16.6. The number of hydrogen-bond donors (Lipinski definition) is 2. The third-order valence-corrected chi connectivity index (χ3v) is 4.86. The summed E-state index contributed by atoms with van der Waals surface area (Å²) >= 11 is 1.71. The van der Waals surface area contributed by atoms with E-state index in [0.29, 0.717) is 18.5 Å². The fourth-order valence-electron chi connectivity index (χ4n) is 2.82. The van der Waals surface area contributed by atoms with Crippen LogP contribution in [-0.4, -0.2) is 48.1 Å². The van der Waals surface area contributed by atoms with E-state index in [-0.39, 0.29) is 24.0 Å². The number of rotatable bonds is 10. The molecule has 0 fully saturated rings. The van der Waals surface area contributed by atoms with Crippen molar-refractivity contribution in [3.05, 3.63) is 16.1 Å². The SMILES string of the molecule is CCNC(=NCc1ncc(C)s1)NCC(CC(C)C)N(CC)CC.I. The maximum absolute atomic E-state index is 4.68. The molecule has 1 aromatic heterocycles. The fourth-order valence-corrected chi connectivity index (χ4v) is 3.53. The molecule has 0 radical (unpaired) electrons. The van der Waals surface area contributed by atoms with Crippen LogP contribution in [0, 0.1) is 12.8 Å². The second-order valence-corrected chi connectivity index (χ2v) is 7.76. The Morgan fingerprint density at radius 2 is 1.92 bits per heavy atom. The minimum atomic E-state index is 0. The van der Waals surface area contributed by atoms with E-state index in [0.717, 1.165) is 37.1 Å². The van der Waals surface area contributed by atoms with Gasteiger partial charge >= 0.3 is 0 Å². The predicted octanol–water partition coefficient (Wildman–Crippen LogP) is 3.88. The monoisotopic (exact) mass is 481 g/mol. The van der Waals surface area contributed by atoms with Crippen LogP contribution in [0.5, 0.6) is 0 Å². The normalized spacial score (nSPS) is 13.0. The lowest BCUT2D eigenvalue weighted by atomic mass is 10.0. The smallest absolute Gasteiger partial charge is 0.191 e. The van der Waals surface area contributed by atoms with Crippen molar-refractivity contribution in [3.8, 4) is 0 Å². The van der Waals surface area contributed by atoms with Crippen LogP contribution in [0.2, 0.25) is 0 Å². The van der Waals surface area contributed by atoms with Crippen molar-refractivity contribution in [1.82, 2.24) is 20.5 Å². The summed E-state index contributed by atoms with van der Waals surface area (Å²) in [6, 6.07) is 0.533. The zero-order chi connectivity index (χ0) is 17.9. The Balaban J connectivity index is 0.00000576. The molecule has 0 aromatic carbocycles. The first-order valence-corrected chi connectivity index (χ1v) is 9.99. The van der Waals surface area contributed by atoms with Crippen molar-refractivity contribution in [2.75, 3.05) is 26.2 Å². The largest absolute Gasteiger partial charge is 0.357 e. The van der Waals surface area contributed by atoms with Crippen LogP contribution in [0.25, 0.3) is 0 Å². The van der Waals surface area contributed by atoms with E-state index >= 15 is 0 Å². The summed E-state index contributed by atoms with van der Waals surface area (Å²) in [4.78, 5) is 12.8. The Labute approximate surface area is 175 Å². The summed E-state index contributed by atoms with van der Waals surface area (Å²) in [5, 5.41) is 7.93. The number of aliphatic imine (C=N–C) groups is 1. The molecule has 1 rings (SSSR count). The average Bonchev–Trinajstić information content (AvgIpc) is 2.95. The minimum Gasteiger partial charge on any atom is -0.357 e. The minimum absolute atomic E-state index is 0. The van der Waals surface area contributed by atoms with Gasteiger partial charge in [0.05, 0.1) is 6.54 Å². The van der Waals surface area contributed by atoms with Crippen LogP contribution in [-0.2, 0) is 6.54 Å². The molecule has 25 heavy (non-hydrogen) atoms. The quantitative estimate of drug-likeness (QED) is 0.303. The maximum Gasteiger partial charge on any atom is 0.191 e. The summed E-state index contributed by atoms with van der Waals surface area (Å²) in [6.07, 6.45) is 3.11. The van der Waals surface area contributed by atoms with Gasteiger partial charge in [-0.15, -0.1) is 35.3 Å². The zero-order valence-corrected chi connectivity index (χ0v) is 19.8. The molecule has 0 saturated heterocycles. The third kappa shape index (κ3) is 9.75. The highest BCUT2D eigenvalue weighted by molar-refractivity contribution is 14.0. The van der Waals surface area contributed by atoms with E-state index in [4.69, 9.17) is 0 Å². The molecule has 0 spiro atoms. The lowest BCUT2D eigenvalue weighted by molar-refractivity contribution is 0.191. The van der Waals surface area contributed by atoms with Crippen molar-refractivity contribution < 1.29 is 0 Å². The average molecular weight is 481 g/mol. The number of nitrogens with zero attached hydrogens (tertiary/aromatic N) is 3. The van der Waals surface area contributed by atoms with E-state index in [1.54, 1.807) is 11.3 Å². The predicted molar refractivity (Wildman–Crippen MR) is 121 cm³/mol. The van der Waals surface area contributed by atoms with Crippen molar-refractivity contribution in [3.63, 3.8) is 0 Å². The highest BCUT2D eigenvalue weighted by Gasteiger charge is 2.17. The van der Waals surface area contributed by atoms with Crippen LogP contribution in [0.1, 0.15) is 50.9 Å². The fraction of sp³-hybridized carbons (Fsp3) is 0.778. The summed E-state index contributed by atoms with van der Waals surface area (Å²) in [5.41, 5.74) is 0. The lowest BCUT2D eigenvalue weighted by Crippen LogP contribution is -2.47. The summed E-state index contributed by atoms with van der Waals surface area (Å²) < 4.78 is 0. The van der Waals surface area contributed by atoms with Gasteiger partial charge in [-0.25, -0.2) is 9.98 Å². The molecule has 0 aliphatic rings. The van der Waals surface area contributed by atoms with E-state index < -0.39 is 0 Å². The Morgan fingerprint density at radius 3 is 2.40 bits per heavy atom. The number of aromatic nitrogens is 1. The molecule has 0 aliphatic carbocycles. The van der Waals surface area contributed by atoms with Gasteiger partial charge in [0.1, 0.15) is 5.01 Å². The van der Waals surface area contributed by atoms with Crippen LogP contribution in [0.4, 0.5) is 0 Å². The van der Waals surface area contributed by atoms with Crippen molar-refractivity contribution in [2.24, 2.45) is 10.9 Å². The molecular formula is C18H36IN5S. The van der Waals surface area contributed by atoms with E-state index in [9.17, 15) is 0 Å². The molecule has 0 saturated carbocycles. The van der Waals surface area contributed by atoms with Crippen molar-refractivity contribution in [1.29, 1.82) is 0 Å². The highest BCUT2D eigenvalue weighted by atomic mass is 127. The van der Waals surface area contributed by atoms with Crippen LogP contribution < -0.4 is 10.6 Å².